The standard InChI is InChI=1S/C18H31N5S/c1-4-19-16(20-12-15-13-24-17(21-15)22(2)3)23-11-10-18(14-23)8-6-5-7-9-18/h13H,4-12,14H2,1-3H3,(H,19,20). The minimum Gasteiger partial charge on any atom is -0.357 e. The van der Waals surface area contributed by atoms with Crippen LogP contribution in [0.1, 0.15) is 51.1 Å². The molecule has 0 bridgehead atoms. The molecule has 1 aromatic rings. The largest absolute Gasteiger partial charge is 0.357 e. The number of likely N-dealkylation sites (tertiary alicyclic amines) is 1. The van der Waals surface area contributed by atoms with E-state index in [0.29, 0.717) is 12.0 Å². The molecule has 1 saturated carbocycles. The quantitative estimate of drug-likeness (QED) is 0.669. The van der Waals surface area contributed by atoms with Crippen molar-refractivity contribution in [1.82, 2.24) is 15.2 Å². The molecule has 134 valence electrons. The van der Waals surface area contributed by atoms with Crippen LogP contribution >= 0.6 is 11.3 Å². The van der Waals surface area contributed by atoms with Crippen LogP contribution in [0.15, 0.2) is 10.4 Å². The number of aromatic nitrogens is 1. The van der Waals surface area contributed by atoms with E-state index in [-0.39, 0.29) is 0 Å². The lowest BCUT2D eigenvalue weighted by molar-refractivity contribution is 0.203. The van der Waals surface area contributed by atoms with Crippen molar-refractivity contribution in [3.05, 3.63) is 11.1 Å². The van der Waals surface area contributed by atoms with Gasteiger partial charge in [-0.05, 0) is 31.6 Å². The lowest BCUT2D eigenvalue weighted by atomic mass is 9.73. The molecular weight excluding hydrogens is 318 g/mol. The van der Waals surface area contributed by atoms with E-state index in [1.807, 2.05) is 14.1 Å². The summed E-state index contributed by atoms with van der Waals surface area (Å²) in [6.07, 6.45) is 8.39. The number of rotatable bonds is 4. The molecule has 1 aliphatic carbocycles. The molecule has 0 radical (unpaired) electrons. The smallest absolute Gasteiger partial charge is 0.194 e. The number of hydrogen-bond acceptors (Lipinski definition) is 4. The maximum atomic E-state index is 4.87. The fraction of sp³-hybridized carbons (Fsp3) is 0.778. The molecule has 6 heteroatoms. The summed E-state index contributed by atoms with van der Waals surface area (Å²) >= 11 is 1.68. The van der Waals surface area contributed by atoms with Gasteiger partial charge in [-0.3, -0.25) is 0 Å². The Kier molecular flexibility index (Phi) is 5.64. The number of hydrogen-bond donors (Lipinski definition) is 1. The first-order chi connectivity index (χ1) is 11.6. The van der Waals surface area contributed by atoms with Crippen LogP contribution < -0.4 is 10.2 Å². The molecule has 1 saturated heterocycles. The van der Waals surface area contributed by atoms with Crippen molar-refractivity contribution < 1.29 is 0 Å². The molecule has 1 spiro atoms. The fourth-order valence-electron chi connectivity index (χ4n) is 3.98. The maximum Gasteiger partial charge on any atom is 0.194 e. The van der Waals surface area contributed by atoms with Gasteiger partial charge < -0.3 is 15.1 Å². The number of anilines is 1. The van der Waals surface area contributed by atoms with Gasteiger partial charge in [-0.25, -0.2) is 9.98 Å². The van der Waals surface area contributed by atoms with Crippen LogP contribution in [0.3, 0.4) is 0 Å². The number of guanidine groups is 1. The van der Waals surface area contributed by atoms with Crippen molar-refractivity contribution >= 4 is 22.4 Å². The van der Waals surface area contributed by atoms with Crippen LogP contribution in [-0.4, -0.2) is 49.6 Å². The Morgan fingerprint density at radius 2 is 2.12 bits per heavy atom. The molecule has 0 unspecified atom stereocenters. The number of nitrogens with one attached hydrogen (secondary N) is 1. The molecule has 2 heterocycles. The van der Waals surface area contributed by atoms with Crippen LogP contribution in [-0.2, 0) is 6.54 Å². The van der Waals surface area contributed by atoms with Gasteiger partial charge in [-0.15, -0.1) is 11.3 Å². The summed E-state index contributed by atoms with van der Waals surface area (Å²) in [4.78, 5) is 14.0. The second-order valence-electron chi connectivity index (χ2n) is 7.42. The van der Waals surface area contributed by atoms with Crippen molar-refractivity contribution in [3.8, 4) is 0 Å². The van der Waals surface area contributed by atoms with E-state index in [9.17, 15) is 0 Å². The molecule has 1 N–H and O–H groups in total. The van der Waals surface area contributed by atoms with E-state index in [1.165, 1.54) is 45.1 Å². The minimum atomic E-state index is 0.563. The van der Waals surface area contributed by atoms with Crippen molar-refractivity contribution in [1.29, 1.82) is 0 Å². The first-order valence-electron chi connectivity index (χ1n) is 9.27. The van der Waals surface area contributed by atoms with Gasteiger partial charge >= 0.3 is 0 Å². The van der Waals surface area contributed by atoms with Crippen molar-refractivity contribution in [2.75, 3.05) is 38.6 Å². The monoisotopic (exact) mass is 349 g/mol. The second-order valence-corrected chi connectivity index (χ2v) is 8.25. The molecule has 2 fully saturated rings. The fourth-order valence-corrected chi connectivity index (χ4v) is 4.73. The van der Waals surface area contributed by atoms with E-state index >= 15 is 0 Å². The Hall–Kier alpha value is -1.30. The van der Waals surface area contributed by atoms with Crippen molar-refractivity contribution in [2.24, 2.45) is 10.4 Å². The summed E-state index contributed by atoms with van der Waals surface area (Å²) < 4.78 is 0. The van der Waals surface area contributed by atoms with Gasteiger partial charge in [0, 0.05) is 39.1 Å². The lowest BCUT2D eigenvalue weighted by Crippen LogP contribution is -2.41. The Bertz CT molecular complexity index is 560. The van der Waals surface area contributed by atoms with Crippen molar-refractivity contribution in [3.63, 3.8) is 0 Å². The van der Waals surface area contributed by atoms with Crippen LogP contribution in [0.2, 0.25) is 0 Å². The maximum absolute atomic E-state index is 4.87. The van der Waals surface area contributed by atoms with Crippen LogP contribution in [0.4, 0.5) is 5.13 Å². The lowest BCUT2D eigenvalue weighted by Gasteiger charge is -2.33. The normalized spacial score (nSPS) is 20.6. The number of thiazole rings is 1. The van der Waals surface area contributed by atoms with E-state index in [4.69, 9.17) is 4.99 Å². The van der Waals surface area contributed by atoms with Crippen LogP contribution in [0.5, 0.6) is 0 Å². The summed E-state index contributed by atoms with van der Waals surface area (Å²) in [5, 5.41) is 6.66. The summed E-state index contributed by atoms with van der Waals surface area (Å²) in [6.45, 7) is 6.05. The van der Waals surface area contributed by atoms with E-state index in [2.05, 4.69) is 32.4 Å². The number of nitrogens with zero attached hydrogens (tertiary/aromatic N) is 4. The van der Waals surface area contributed by atoms with Crippen molar-refractivity contribution in [2.45, 2.75) is 52.0 Å². The van der Waals surface area contributed by atoms with E-state index < -0.39 is 0 Å². The average molecular weight is 350 g/mol. The summed E-state index contributed by atoms with van der Waals surface area (Å²) in [6, 6.07) is 0. The van der Waals surface area contributed by atoms with Gasteiger partial charge in [0.05, 0.1) is 12.2 Å². The van der Waals surface area contributed by atoms with Gasteiger partial charge in [0.1, 0.15) is 0 Å². The number of aliphatic imine (C=N–C) groups is 1. The van der Waals surface area contributed by atoms with Crippen LogP contribution in [0, 0.1) is 5.41 Å². The summed E-state index contributed by atoms with van der Waals surface area (Å²) in [5.74, 6) is 1.07. The Labute approximate surface area is 150 Å². The second kappa shape index (κ2) is 7.72. The first kappa shape index (κ1) is 17.5. The molecule has 0 atom stereocenters. The zero-order valence-electron chi connectivity index (χ0n) is 15.3. The van der Waals surface area contributed by atoms with Gasteiger partial charge in [0.2, 0.25) is 0 Å². The highest BCUT2D eigenvalue weighted by Crippen LogP contribution is 2.43. The predicted molar refractivity (Wildman–Crippen MR) is 103 cm³/mol. The summed E-state index contributed by atoms with van der Waals surface area (Å²) in [7, 11) is 4.06. The molecule has 1 aromatic heterocycles. The van der Waals surface area contributed by atoms with Crippen LogP contribution in [0.25, 0.3) is 0 Å². The topological polar surface area (TPSA) is 43.8 Å². The Balaban J connectivity index is 1.65. The highest BCUT2D eigenvalue weighted by molar-refractivity contribution is 7.13. The summed E-state index contributed by atoms with van der Waals surface area (Å²) in [5.41, 5.74) is 1.62. The van der Waals surface area contributed by atoms with E-state index in [0.717, 1.165) is 29.9 Å². The van der Waals surface area contributed by atoms with Gasteiger partial charge in [0.25, 0.3) is 0 Å². The minimum absolute atomic E-state index is 0.563. The molecule has 24 heavy (non-hydrogen) atoms. The molecule has 2 aliphatic rings. The molecular formula is C18H31N5S. The van der Waals surface area contributed by atoms with Gasteiger partial charge in [-0.1, -0.05) is 19.3 Å². The first-order valence-corrected chi connectivity index (χ1v) is 10.1. The average Bonchev–Trinajstić information content (AvgIpc) is 3.20. The van der Waals surface area contributed by atoms with Gasteiger partial charge in [-0.2, -0.15) is 0 Å². The van der Waals surface area contributed by atoms with Gasteiger partial charge in [0.15, 0.2) is 11.1 Å². The highest BCUT2D eigenvalue weighted by Gasteiger charge is 2.39. The highest BCUT2D eigenvalue weighted by atomic mass is 32.1. The third-order valence-electron chi connectivity index (χ3n) is 5.30. The molecule has 5 nitrogen and oxygen atoms in total. The third kappa shape index (κ3) is 4.02. The third-order valence-corrected chi connectivity index (χ3v) is 6.36. The SMILES string of the molecule is CCNC(=NCc1csc(N(C)C)n1)N1CCC2(CCCCC2)C1. The Morgan fingerprint density at radius 1 is 1.33 bits per heavy atom. The molecule has 1 aliphatic heterocycles. The molecule has 0 amide bonds. The van der Waals surface area contributed by atoms with E-state index in [1.54, 1.807) is 11.3 Å². The zero-order chi connectivity index (χ0) is 17.0. The predicted octanol–water partition coefficient (Wildman–Crippen LogP) is 3.33. The Morgan fingerprint density at radius 3 is 2.79 bits per heavy atom. The molecule has 3 rings (SSSR count). The molecule has 0 aromatic carbocycles. The zero-order valence-corrected chi connectivity index (χ0v) is 16.2.